The normalized spacial score (nSPS) is 12.1. The molecular formula is C17H20ClNOS. The lowest BCUT2D eigenvalue weighted by Gasteiger charge is -2.17. The molecule has 112 valence electrons. The molecule has 0 aromatic heterocycles. The minimum Gasteiger partial charge on any atom is -0.494 e. The van der Waals surface area contributed by atoms with Crippen molar-refractivity contribution in [2.45, 2.75) is 17.9 Å². The van der Waals surface area contributed by atoms with Crippen LogP contribution in [0.25, 0.3) is 0 Å². The van der Waals surface area contributed by atoms with Crippen LogP contribution in [0.5, 0.6) is 5.75 Å². The quantitative estimate of drug-likeness (QED) is 0.741. The van der Waals surface area contributed by atoms with Crippen LogP contribution in [0.1, 0.15) is 18.5 Å². The van der Waals surface area contributed by atoms with Crippen molar-refractivity contribution in [2.24, 2.45) is 0 Å². The molecule has 0 spiro atoms. The van der Waals surface area contributed by atoms with E-state index in [1.165, 1.54) is 5.56 Å². The van der Waals surface area contributed by atoms with Crippen LogP contribution in [0.3, 0.4) is 0 Å². The van der Waals surface area contributed by atoms with Crippen LogP contribution in [0.15, 0.2) is 53.4 Å². The fourth-order valence-electron chi connectivity index (χ4n) is 2.07. The first-order chi connectivity index (χ1) is 10.2. The predicted molar refractivity (Wildman–Crippen MR) is 91.6 cm³/mol. The summed E-state index contributed by atoms with van der Waals surface area (Å²) in [7, 11) is 1.98. The molecule has 1 atom stereocenters. The topological polar surface area (TPSA) is 21.3 Å². The van der Waals surface area contributed by atoms with Gasteiger partial charge in [-0.25, -0.2) is 0 Å². The van der Waals surface area contributed by atoms with Gasteiger partial charge in [0.05, 0.1) is 11.6 Å². The largest absolute Gasteiger partial charge is 0.494 e. The standard InChI is InChI=1S/C17H20ClNOS/c1-3-20-14-8-6-7-13(11-14)16(19-2)12-21-17-10-5-4-9-15(17)18/h4-11,16,19H,3,12H2,1-2H3. The van der Waals surface area contributed by atoms with Gasteiger partial charge in [0.15, 0.2) is 0 Å². The number of ether oxygens (including phenoxy) is 1. The molecule has 0 heterocycles. The SMILES string of the molecule is CCOc1cccc(C(CSc2ccccc2Cl)NC)c1. The van der Waals surface area contributed by atoms with Crippen LogP contribution in [0.2, 0.25) is 5.02 Å². The van der Waals surface area contributed by atoms with E-state index in [1.807, 2.05) is 44.3 Å². The zero-order valence-electron chi connectivity index (χ0n) is 12.3. The summed E-state index contributed by atoms with van der Waals surface area (Å²) >= 11 is 7.96. The monoisotopic (exact) mass is 321 g/mol. The highest BCUT2D eigenvalue weighted by molar-refractivity contribution is 7.99. The van der Waals surface area contributed by atoms with Gasteiger partial charge in [-0.1, -0.05) is 35.9 Å². The molecule has 0 saturated carbocycles. The highest BCUT2D eigenvalue weighted by atomic mass is 35.5. The van der Waals surface area contributed by atoms with Crippen LogP contribution in [-0.4, -0.2) is 19.4 Å². The molecule has 2 rings (SSSR count). The van der Waals surface area contributed by atoms with E-state index in [0.29, 0.717) is 6.61 Å². The third kappa shape index (κ3) is 4.67. The first kappa shape index (κ1) is 16.2. The molecule has 0 aliphatic carbocycles. The molecule has 1 N–H and O–H groups in total. The lowest BCUT2D eigenvalue weighted by Crippen LogP contribution is -2.18. The smallest absolute Gasteiger partial charge is 0.119 e. The van der Waals surface area contributed by atoms with Crippen molar-refractivity contribution in [3.8, 4) is 5.75 Å². The summed E-state index contributed by atoms with van der Waals surface area (Å²) in [4.78, 5) is 1.11. The van der Waals surface area contributed by atoms with Gasteiger partial charge in [0, 0.05) is 16.7 Å². The molecule has 0 aliphatic rings. The van der Waals surface area contributed by atoms with E-state index < -0.39 is 0 Å². The average molecular weight is 322 g/mol. The number of halogens is 1. The molecule has 21 heavy (non-hydrogen) atoms. The van der Waals surface area contributed by atoms with Gasteiger partial charge in [0.1, 0.15) is 5.75 Å². The predicted octanol–water partition coefficient (Wildman–Crippen LogP) is 4.79. The van der Waals surface area contributed by atoms with Crippen molar-refractivity contribution in [1.29, 1.82) is 0 Å². The summed E-state index contributed by atoms with van der Waals surface area (Å²) in [5.41, 5.74) is 1.23. The number of hydrogen-bond donors (Lipinski definition) is 1. The summed E-state index contributed by atoms with van der Waals surface area (Å²) in [5.74, 6) is 1.83. The van der Waals surface area contributed by atoms with E-state index in [9.17, 15) is 0 Å². The molecule has 1 unspecified atom stereocenters. The van der Waals surface area contributed by atoms with Crippen molar-refractivity contribution in [3.63, 3.8) is 0 Å². The Morgan fingerprint density at radius 2 is 2.00 bits per heavy atom. The van der Waals surface area contributed by atoms with Crippen LogP contribution >= 0.6 is 23.4 Å². The van der Waals surface area contributed by atoms with Gasteiger partial charge in [-0.15, -0.1) is 11.8 Å². The van der Waals surface area contributed by atoms with Crippen molar-refractivity contribution in [1.82, 2.24) is 5.32 Å². The molecule has 0 saturated heterocycles. The number of nitrogens with one attached hydrogen (secondary N) is 1. The van der Waals surface area contributed by atoms with E-state index in [0.717, 1.165) is 21.4 Å². The maximum absolute atomic E-state index is 6.20. The van der Waals surface area contributed by atoms with E-state index in [4.69, 9.17) is 16.3 Å². The number of hydrogen-bond acceptors (Lipinski definition) is 3. The van der Waals surface area contributed by atoms with Gasteiger partial charge in [-0.05, 0) is 43.8 Å². The van der Waals surface area contributed by atoms with Gasteiger partial charge in [-0.2, -0.15) is 0 Å². The molecular weight excluding hydrogens is 302 g/mol. The number of benzene rings is 2. The summed E-state index contributed by atoms with van der Waals surface area (Å²) in [6, 6.07) is 16.4. The van der Waals surface area contributed by atoms with E-state index in [1.54, 1.807) is 11.8 Å². The van der Waals surface area contributed by atoms with E-state index >= 15 is 0 Å². The van der Waals surface area contributed by atoms with Crippen LogP contribution in [-0.2, 0) is 0 Å². The summed E-state index contributed by atoms with van der Waals surface area (Å²) in [6.07, 6.45) is 0. The number of rotatable bonds is 7. The first-order valence-electron chi connectivity index (χ1n) is 7.02. The second-order valence-electron chi connectivity index (χ2n) is 4.59. The average Bonchev–Trinajstić information content (AvgIpc) is 2.50. The Morgan fingerprint density at radius 3 is 2.71 bits per heavy atom. The van der Waals surface area contributed by atoms with Gasteiger partial charge in [-0.3, -0.25) is 0 Å². The Labute approximate surface area is 135 Å². The van der Waals surface area contributed by atoms with E-state index in [-0.39, 0.29) is 6.04 Å². The Kier molecular flexibility index (Phi) is 6.43. The van der Waals surface area contributed by atoms with E-state index in [2.05, 4.69) is 23.5 Å². The molecule has 0 amide bonds. The van der Waals surface area contributed by atoms with Gasteiger partial charge in [0.2, 0.25) is 0 Å². The second-order valence-corrected chi connectivity index (χ2v) is 6.06. The minimum atomic E-state index is 0.256. The molecule has 0 aliphatic heterocycles. The maximum atomic E-state index is 6.20. The second kappa shape index (κ2) is 8.32. The highest BCUT2D eigenvalue weighted by Crippen LogP contribution is 2.30. The number of thioether (sulfide) groups is 1. The molecule has 4 heteroatoms. The molecule has 0 bridgehead atoms. The van der Waals surface area contributed by atoms with Crippen LogP contribution < -0.4 is 10.1 Å². The van der Waals surface area contributed by atoms with Gasteiger partial charge in [0.25, 0.3) is 0 Å². The fourth-order valence-corrected chi connectivity index (χ4v) is 3.45. The van der Waals surface area contributed by atoms with Gasteiger partial charge >= 0.3 is 0 Å². The Morgan fingerprint density at radius 1 is 1.19 bits per heavy atom. The van der Waals surface area contributed by atoms with Crippen LogP contribution in [0.4, 0.5) is 0 Å². The van der Waals surface area contributed by atoms with Crippen LogP contribution in [0, 0.1) is 0 Å². The summed E-state index contributed by atoms with van der Waals surface area (Å²) in [6.45, 7) is 2.68. The zero-order chi connectivity index (χ0) is 15.1. The third-order valence-corrected chi connectivity index (χ3v) is 4.77. The molecule has 2 aromatic rings. The summed E-state index contributed by atoms with van der Waals surface area (Å²) in [5, 5.41) is 4.16. The highest BCUT2D eigenvalue weighted by Gasteiger charge is 2.11. The fraction of sp³-hybridized carbons (Fsp3) is 0.294. The Bertz CT molecular complexity index is 576. The van der Waals surface area contributed by atoms with Crippen molar-refractivity contribution in [3.05, 3.63) is 59.1 Å². The van der Waals surface area contributed by atoms with Crippen molar-refractivity contribution < 1.29 is 4.74 Å². The summed E-state index contributed by atoms with van der Waals surface area (Å²) < 4.78 is 5.57. The molecule has 2 nitrogen and oxygen atoms in total. The Balaban J connectivity index is 2.06. The van der Waals surface area contributed by atoms with Gasteiger partial charge < -0.3 is 10.1 Å². The minimum absolute atomic E-state index is 0.256. The molecule has 0 radical (unpaired) electrons. The Hall–Kier alpha value is -1.16. The zero-order valence-corrected chi connectivity index (χ0v) is 13.9. The molecule has 0 fully saturated rings. The van der Waals surface area contributed by atoms with Crippen molar-refractivity contribution >= 4 is 23.4 Å². The first-order valence-corrected chi connectivity index (χ1v) is 8.38. The lowest BCUT2D eigenvalue weighted by molar-refractivity contribution is 0.339. The van der Waals surface area contributed by atoms with Crippen molar-refractivity contribution in [2.75, 3.05) is 19.4 Å². The molecule has 2 aromatic carbocycles. The lowest BCUT2D eigenvalue weighted by atomic mass is 10.1. The maximum Gasteiger partial charge on any atom is 0.119 e. The third-order valence-electron chi connectivity index (χ3n) is 3.16.